The van der Waals surface area contributed by atoms with Crippen molar-refractivity contribution in [1.82, 2.24) is 10.2 Å². The molecule has 0 spiro atoms. The van der Waals surface area contributed by atoms with Gasteiger partial charge in [-0.15, -0.1) is 0 Å². The number of aldehydes is 2. The Morgan fingerprint density at radius 1 is 0.458 bits per heavy atom. The lowest BCUT2D eigenvalue weighted by molar-refractivity contribution is -0.130. The molecule has 0 unspecified atom stereocenters. The van der Waals surface area contributed by atoms with Crippen LogP contribution in [-0.2, 0) is 90.2 Å². The van der Waals surface area contributed by atoms with Gasteiger partial charge >= 0.3 is 0 Å². The molecule has 0 atom stereocenters. The summed E-state index contributed by atoms with van der Waals surface area (Å²) in [5.41, 5.74) is -0.383. The van der Waals surface area contributed by atoms with Gasteiger partial charge in [0.05, 0.1) is 216 Å². The van der Waals surface area contributed by atoms with Crippen molar-refractivity contribution in [3.8, 4) is 0 Å². The van der Waals surface area contributed by atoms with E-state index in [1.165, 1.54) is 11.8 Å². The van der Waals surface area contributed by atoms with Crippen LogP contribution in [0.2, 0.25) is 0 Å². The molecule has 2 rings (SSSR count). The monoisotopic (exact) mass is 1040 g/mol. The summed E-state index contributed by atoms with van der Waals surface area (Å²) in [6.07, 6.45) is -1.77. The Hall–Kier alpha value is -3.76. The number of fused-ring (bicyclic) bond motifs is 1. The maximum Gasteiger partial charge on any atom is 0.261 e. The molecule has 0 aliphatic carbocycles. The Balaban J connectivity index is 1.28. The second-order valence-electron chi connectivity index (χ2n) is 15.6. The molecular weight excluding hydrogens is 953 g/mol. The normalized spacial score (nSPS) is 12.9. The quantitative estimate of drug-likeness (QED) is 0.0541. The molecule has 0 saturated heterocycles. The zero-order valence-corrected chi connectivity index (χ0v) is 42.1. The summed E-state index contributed by atoms with van der Waals surface area (Å²) < 4.78 is 97.0. The number of nitrogens with zero attached hydrogens (tertiary/aromatic N) is 1. The molecule has 1 heterocycles. The summed E-state index contributed by atoms with van der Waals surface area (Å²) in [6, 6.07) is 6.78. The maximum absolute atomic E-state index is 12.9. The summed E-state index contributed by atoms with van der Waals surface area (Å²) in [6.45, 7) is 10.4. The molecule has 0 aromatic heterocycles. The van der Waals surface area contributed by atoms with E-state index in [2.05, 4.69) is 5.32 Å². The number of carbonyl (C=O) groups excluding carboxylic acids is 6. The van der Waals surface area contributed by atoms with Crippen molar-refractivity contribution in [2.24, 2.45) is 0 Å². The van der Waals surface area contributed by atoms with Gasteiger partial charge in [-0.05, 0) is 19.1 Å². The molecular formula is C49H80N2O21. The van der Waals surface area contributed by atoms with E-state index in [0.29, 0.717) is 143 Å². The number of Topliss-reactive ketones (excluding diaryl/α,β-unsaturated/α-hetero) is 1. The van der Waals surface area contributed by atoms with E-state index in [1.54, 1.807) is 24.3 Å². The Morgan fingerprint density at radius 2 is 0.750 bits per heavy atom. The lowest BCUT2D eigenvalue weighted by Crippen LogP contribution is -2.58. The number of nitrogens with one attached hydrogen (secondary N) is 1. The van der Waals surface area contributed by atoms with Crippen LogP contribution in [0.15, 0.2) is 24.3 Å². The molecule has 0 radical (unpaired) electrons. The van der Waals surface area contributed by atoms with E-state index in [4.69, 9.17) is 73.8 Å². The van der Waals surface area contributed by atoms with Crippen LogP contribution in [0.4, 0.5) is 0 Å². The summed E-state index contributed by atoms with van der Waals surface area (Å²) in [5, 5.41) is 2.84. The fraction of sp³-hybridized carbons (Fsp3) is 0.755. The summed E-state index contributed by atoms with van der Waals surface area (Å²) in [4.78, 5) is 72.3. The van der Waals surface area contributed by atoms with Crippen molar-refractivity contribution in [2.45, 2.75) is 38.1 Å². The van der Waals surface area contributed by atoms with Crippen LogP contribution in [0.1, 0.15) is 56.1 Å². The van der Waals surface area contributed by atoms with Gasteiger partial charge in [-0.2, -0.15) is 0 Å². The van der Waals surface area contributed by atoms with Gasteiger partial charge in [-0.1, -0.05) is 12.1 Å². The Labute approximate surface area is 426 Å². The standard InChI is InChI=1S/C49H80N2O21/c1-43(54)8-15-72-42-49(40-70-13-4-11-52,41-71-14-5-12-53)50-46(55)9-16-58-18-20-60-22-24-62-26-28-64-30-32-66-34-36-68-38-39-69-37-35-67-33-31-65-29-27-63-25-23-61-21-19-59-17-10-51-47(56)44-6-2-3-7-45(44)48(51)57/h2-3,6-7,11-12H,4-5,8-10,13-42H2,1H3,(H,50,55)/i11T,12T. The number of ketones is 1. The van der Waals surface area contributed by atoms with Crippen LogP contribution in [0.25, 0.3) is 0 Å². The number of hydrogen-bond donors (Lipinski definition) is 1. The first-order valence-electron chi connectivity index (χ1n) is 25.5. The van der Waals surface area contributed by atoms with E-state index in [1.807, 2.05) is 0 Å². The Morgan fingerprint density at radius 3 is 1.07 bits per heavy atom. The van der Waals surface area contributed by atoms with Crippen molar-refractivity contribution < 1.29 is 103 Å². The molecule has 0 bridgehead atoms. The minimum absolute atomic E-state index is 0.0173. The minimum Gasteiger partial charge on any atom is -0.379 e. The summed E-state index contributed by atoms with van der Waals surface area (Å²) >= 11 is 0. The van der Waals surface area contributed by atoms with E-state index in [0.717, 1.165) is 0 Å². The zero-order valence-electron chi connectivity index (χ0n) is 44.1. The van der Waals surface area contributed by atoms with Gasteiger partial charge in [0.15, 0.2) is 0 Å². The van der Waals surface area contributed by atoms with Crippen molar-refractivity contribution in [3.05, 3.63) is 35.4 Å². The molecule has 23 heteroatoms. The fourth-order valence-corrected chi connectivity index (χ4v) is 6.12. The van der Waals surface area contributed by atoms with Crippen molar-refractivity contribution in [3.63, 3.8) is 0 Å². The molecule has 72 heavy (non-hydrogen) atoms. The molecule has 1 aliphatic rings. The third-order valence-electron chi connectivity index (χ3n) is 9.74. The van der Waals surface area contributed by atoms with Gasteiger partial charge in [-0.25, -0.2) is 0 Å². The predicted octanol–water partition coefficient (Wildman–Crippen LogP) is 0.934. The molecule has 1 aliphatic heterocycles. The second kappa shape index (κ2) is 45.8. The lowest BCUT2D eigenvalue weighted by Gasteiger charge is -2.34. The molecule has 1 N–H and O–H groups in total. The van der Waals surface area contributed by atoms with Crippen LogP contribution < -0.4 is 5.32 Å². The largest absolute Gasteiger partial charge is 0.379 e. The van der Waals surface area contributed by atoms with Crippen LogP contribution in [0.5, 0.6) is 0 Å². The van der Waals surface area contributed by atoms with E-state index in [9.17, 15) is 28.8 Å². The number of benzene rings is 1. The van der Waals surface area contributed by atoms with E-state index in [-0.39, 0.29) is 116 Å². The van der Waals surface area contributed by atoms with Gasteiger partial charge in [0.25, 0.3) is 11.8 Å². The van der Waals surface area contributed by atoms with Crippen LogP contribution >= 0.6 is 0 Å². The highest BCUT2D eigenvalue weighted by molar-refractivity contribution is 6.21. The highest BCUT2D eigenvalue weighted by Gasteiger charge is 2.35. The summed E-state index contributed by atoms with van der Waals surface area (Å²) in [5.74, 6) is -1.07. The van der Waals surface area contributed by atoms with Gasteiger partial charge in [0.2, 0.25) is 5.91 Å². The first kappa shape index (κ1) is 60.8. The van der Waals surface area contributed by atoms with Gasteiger partial charge in [0, 0.05) is 25.7 Å². The maximum atomic E-state index is 12.9. The topological polar surface area (TPSA) is 256 Å². The Bertz CT molecular complexity index is 1580. The highest BCUT2D eigenvalue weighted by atomic mass is 16.6. The molecule has 1 aromatic rings. The number of rotatable bonds is 55. The average molecular weight is 1040 g/mol. The molecule has 23 nitrogen and oxygen atoms in total. The zero-order chi connectivity index (χ0) is 53.6. The highest BCUT2D eigenvalue weighted by Crippen LogP contribution is 2.22. The minimum atomic E-state index is -1.24. The number of imide groups is 1. The van der Waals surface area contributed by atoms with Crippen LogP contribution in [0, 0.1) is 0 Å². The number of carbonyl (C=O) groups is 6. The molecule has 1 aromatic carbocycles. The second-order valence-corrected chi connectivity index (χ2v) is 15.6. The lowest BCUT2D eigenvalue weighted by atomic mass is 10.0. The Kier molecular flexibility index (Phi) is 38.7. The smallest absolute Gasteiger partial charge is 0.261 e. The fourth-order valence-electron chi connectivity index (χ4n) is 6.12. The van der Waals surface area contributed by atoms with E-state index < -0.39 is 24.0 Å². The third kappa shape index (κ3) is 33.9. The van der Waals surface area contributed by atoms with Crippen molar-refractivity contribution in [1.29, 1.82) is 0 Å². The van der Waals surface area contributed by atoms with Crippen LogP contribution in [0.3, 0.4) is 0 Å². The predicted molar refractivity (Wildman–Crippen MR) is 256 cm³/mol. The van der Waals surface area contributed by atoms with Gasteiger partial charge in [-0.3, -0.25) is 24.1 Å². The van der Waals surface area contributed by atoms with Gasteiger partial charge < -0.3 is 86.0 Å². The average Bonchev–Trinajstić information content (AvgIpc) is 3.62. The van der Waals surface area contributed by atoms with E-state index >= 15 is 0 Å². The number of ether oxygens (including phenoxy) is 15. The van der Waals surface area contributed by atoms with Crippen molar-refractivity contribution >= 4 is 36.0 Å². The van der Waals surface area contributed by atoms with Crippen molar-refractivity contribution in [2.75, 3.05) is 205 Å². The van der Waals surface area contributed by atoms with Crippen LogP contribution in [-0.4, -0.2) is 251 Å². The molecule has 412 valence electrons. The molecule has 3 amide bonds. The third-order valence-corrected chi connectivity index (χ3v) is 9.74. The first-order chi connectivity index (χ1) is 36.0. The number of hydrogen-bond acceptors (Lipinski definition) is 21. The SMILES string of the molecule is [3H]C(=O)CCOCC(COCCC([3H])=O)(COCCC(C)=O)NC(=O)CCOCCOCCOCCOCCOCCOCCOCCOCCOCCOCCOCCOCCN1C(=O)c2ccccc2C1=O. The van der Waals surface area contributed by atoms with Gasteiger partial charge in [0.1, 0.15) is 26.6 Å². The summed E-state index contributed by atoms with van der Waals surface area (Å²) in [7, 11) is 0. The molecule has 0 saturated carbocycles. The number of amides is 3. The first-order valence-corrected chi connectivity index (χ1v) is 24.5. The molecule has 0 fully saturated rings.